The molecule has 0 aliphatic rings. The van der Waals surface area contributed by atoms with Crippen LogP contribution in [0.4, 0.5) is 5.69 Å². The van der Waals surface area contributed by atoms with Gasteiger partial charge in [-0.15, -0.1) is 4.91 Å². The maximum absolute atomic E-state index is 10.1. The van der Waals surface area contributed by atoms with E-state index in [2.05, 4.69) is 38.3 Å². The van der Waals surface area contributed by atoms with Gasteiger partial charge in [-0.3, -0.25) is 0 Å². The van der Waals surface area contributed by atoms with E-state index in [1.54, 1.807) is 0 Å². The maximum Gasteiger partial charge on any atom is 0.215 e. The Bertz CT molecular complexity index is 495. The average molecular weight is 303 g/mol. The Hall–Kier alpha value is -1.31. The molecule has 14 heavy (non-hydrogen) atoms. The quantitative estimate of drug-likeness (QED) is 0.453. The van der Waals surface area contributed by atoms with E-state index in [1.807, 2.05) is 18.2 Å². The zero-order chi connectivity index (χ0) is 10.1. The van der Waals surface area contributed by atoms with Crippen LogP contribution in [0.1, 0.15) is 0 Å². The van der Waals surface area contributed by atoms with E-state index in [0.29, 0.717) is 5.69 Å². The Morgan fingerprint density at radius 2 is 2.29 bits per heavy atom. The van der Waals surface area contributed by atoms with E-state index < -0.39 is 0 Å². The first-order valence-corrected chi connectivity index (χ1v) is 4.89. The second kappa shape index (κ2) is 3.45. The summed E-state index contributed by atoms with van der Waals surface area (Å²) in [7, 11) is 0. The van der Waals surface area contributed by atoms with Crippen molar-refractivity contribution < 1.29 is 5.11 Å². The number of benzene rings is 1. The predicted octanol–water partition coefficient (Wildman–Crippen LogP) is 2.57. The molecule has 0 aliphatic carbocycles. The van der Waals surface area contributed by atoms with Crippen molar-refractivity contribution >= 4 is 39.2 Å². The maximum atomic E-state index is 10.1. The highest BCUT2D eigenvalue weighted by Crippen LogP contribution is 2.33. The van der Waals surface area contributed by atoms with Gasteiger partial charge in [0.05, 0.1) is 10.8 Å². The second-order valence-electron chi connectivity index (χ2n) is 2.74. The molecule has 0 atom stereocenters. The lowest BCUT2D eigenvalue weighted by Gasteiger charge is -1.95. The van der Waals surface area contributed by atoms with E-state index in [4.69, 9.17) is 0 Å². The number of aromatic amines is 1. The normalized spacial score (nSPS) is 10.4. The molecule has 0 bridgehead atoms. The van der Waals surface area contributed by atoms with Crippen LogP contribution in [0.15, 0.2) is 23.5 Å². The summed E-state index contributed by atoms with van der Waals surface area (Å²) in [5.74, 6) is -0.0819. The van der Waals surface area contributed by atoms with Crippen LogP contribution in [-0.2, 0) is 0 Å². The van der Waals surface area contributed by atoms with Crippen LogP contribution in [-0.4, -0.2) is 10.1 Å². The number of nitroso groups, excluding NO2 is 1. The summed E-state index contributed by atoms with van der Waals surface area (Å²) in [5.41, 5.74) is 3.28. The van der Waals surface area contributed by atoms with Crippen molar-refractivity contribution in [1.29, 1.82) is 0 Å². The zero-order valence-electron chi connectivity index (χ0n) is 6.91. The fourth-order valence-corrected chi connectivity index (χ4v) is 1.80. The van der Waals surface area contributed by atoms with E-state index in [1.165, 1.54) is 0 Å². The average Bonchev–Trinajstić information content (AvgIpc) is 2.45. The number of nitrogens with one attached hydrogen (secondary N) is 2. The van der Waals surface area contributed by atoms with Crippen LogP contribution >= 0.6 is 22.6 Å². The predicted molar refractivity (Wildman–Crippen MR) is 62.1 cm³/mol. The number of nitrogens with zero attached hydrogens (tertiary/aromatic N) is 1. The van der Waals surface area contributed by atoms with Gasteiger partial charge >= 0.3 is 0 Å². The van der Waals surface area contributed by atoms with Crippen molar-refractivity contribution in [2.75, 3.05) is 5.43 Å². The van der Waals surface area contributed by atoms with Gasteiger partial charge in [0, 0.05) is 8.96 Å². The molecule has 1 aromatic heterocycles. The van der Waals surface area contributed by atoms with Gasteiger partial charge in [0.2, 0.25) is 5.88 Å². The Balaban J connectivity index is 2.72. The topological polar surface area (TPSA) is 77.5 Å². The number of aromatic nitrogens is 1. The summed E-state index contributed by atoms with van der Waals surface area (Å²) < 4.78 is 1.02. The molecule has 72 valence electrons. The minimum atomic E-state index is -0.0819. The van der Waals surface area contributed by atoms with Gasteiger partial charge in [-0.1, -0.05) is 0 Å². The van der Waals surface area contributed by atoms with Crippen molar-refractivity contribution in [3.8, 4) is 5.88 Å². The number of aromatic hydroxyl groups is 1. The smallest absolute Gasteiger partial charge is 0.215 e. The SMILES string of the molecule is O=NNc1c(O)[nH]c2ccc(I)cc12. The van der Waals surface area contributed by atoms with Crippen molar-refractivity contribution in [2.45, 2.75) is 0 Å². The molecule has 1 aromatic carbocycles. The molecule has 2 rings (SSSR count). The zero-order valence-corrected chi connectivity index (χ0v) is 9.07. The van der Waals surface area contributed by atoms with Gasteiger partial charge in [0.15, 0.2) is 0 Å². The van der Waals surface area contributed by atoms with Gasteiger partial charge in [-0.2, -0.15) is 0 Å². The minimum absolute atomic E-state index is 0.0819. The molecule has 1 heterocycles. The van der Waals surface area contributed by atoms with Crippen LogP contribution in [0.3, 0.4) is 0 Å². The summed E-state index contributed by atoms with van der Waals surface area (Å²) in [6, 6.07) is 5.57. The van der Waals surface area contributed by atoms with E-state index in [-0.39, 0.29) is 5.88 Å². The lowest BCUT2D eigenvalue weighted by Crippen LogP contribution is -1.84. The Morgan fingerprint density at radius 1 is 1.50 bits per heavy atom. The van der Waals surface area contributed by atoms with E-state index in [0.717, 1.165) is 14.5 Å². The molecular formula is C8H6IN3O2. The van der Waals surface area contributed by atoms with Crippen molar-refractivity contribution in [2.24, 2.45) is 5.29 Å². The third-order valence-electron chi connectivity index (χ3n) is 1.90. The molecule has 0 radical (unpaired) electrons. The molecular weight excluding hydrogens is 297 g/mol. The van der Waals surface area contributed by atoms with E-state index in [9.17, 15) is 10.0 Å². The highest BCUT2D eigenvalue weighted by molar-refractivity contribution is 14.1. The molecule has 6 heteroatoms. The Morgan fingerprint density at radius 3 is 3.00 bits per heavy atom. The molecule has 0 amide bonds. The summed E-state index contributed by atoms with van der Waals surface area (Å²) in [6.45, 7) is 0. The van der Waals surface area contributed by atoms with Crippen molar-refractivity contribution in [3.05, 3.63) is 26.7 Å². The molecule has 2 aromatic rings. The molecule has 0 aliphatic heterocycles. The molecule has 0 unspecified atom stereocenters. The van der Waals surface area contributed by atoms with Crippen LogP contribution < -0.4 is 5.43 Å². The molecule has 3 N–H and O–H groups in total. The van der Waals surface area contributed by atoms with Crippen LogP contribution in [0, 0.1) is 8.48 Å². The number of hydrogen-bond acceptors (Lipinski definition) is 3. The van der Waals surface area contributed by atoms with Gasteiger partial charge in [-0.25, -0.2) is 5.43 Å². The van der Waals surface area contributed by atoms with Crippen molar-refractivity contribution in [3.63, 3.8) is 0 Å². The van der Waals surface area contributed by atoms with Gasteiger partial charge in [0.25, 0.3) is 0 Å². The lowest BCUT2D eigenvalue weighted by atomic mass is 10.2. The van der Waals surface area contributed by atoms with Gasteiger partial charge in [0.1, 0.15) is 5.69 Å². The first-order valence-electron chi connectivity index (χ1n) is 3.81. The highest BCUT2D eigenvalue weighted by atomic mass is 127. The molecule has 0 saturated carbocycles. The third-order valence-corrected chi connectivity index (χ3v) is 2.57. The summed E-state index contributed by atoms with van der Waals surface area (Å²) in [5, 5.41) is 12.7. The number of H-pyrrole nitrogens is 1. The number of fused-ring (bicyclic) bond motifs is 1. The Labute approximate surface area is 92.6 Å². The molecule has 0 spiro atoms. The van der Waals surface area contributed by atoms with Crippen LogP contribution in [0.2, 0.25) is 0 Å². The van der Waals surface area contributed by atoms with Crippen LogP contribution in [0.5, 0.6) is 5.88 Å². The van der Waals surface area contributed by atoms with Gasteiger partial charge < -0.3 is 10.1 Å². The third kappa shape index (κ3) is 1.41. The first-order chi connectivity index (χ1) is 6.72. The van der Waals surface area contributed by atoms with Gasteiger partial charge in [-0.05, 0) is 40.8 Å². The fraction of sp³-hybridized carbons (Fsp3) is 0. The highest BCUT2D eigenvalue weighted by Gasteiger charge is 2.10. The summed E-state index contributed by atoms with van der Waals surface area (Å²) in [4.78, 5) is 12.8. The first kappa shape index (κ1) is 9.25. The van der Waals surface area contributed by atoms with Crippen molar-refractivity contribution in [1.82, 2.24) is 4.98 Å². The number of anilines is 1. The monoisotopic (exact) mass is 303 g/mol. The standard InChI is InChI=1S/C8H6IN3O2/c9-4-1-2-6-5(3-4)7(11-12-14)8(13)10-6/h1-3,10,13H,(H,11,14). The number of halogens is 1. The molecule has 0 fully saturated rings. The fourth-order valence-electron chi connectivity index (χ4n) is 1.31. The van der Waals surface area contributed by atoms with Crippen LogP contribution in [0.25, 0.3) is 10.9 Å². The summed E-state index contributed by atoms with van der Waals surface area (Å²) >= 11 is 2.15. The number of rotatable bonds is 2. The second-order valence-corrected chi connectivity index (χ2v) is 3.99. The number of hydrogen-bond donors (Lipinski definition) is 3. The lowest BCUT2D eigenvalue weighted by molar-refractivity contribution is 0.460. The molecule has 0 saturated heterocycles. The summed E-state index contributed by atoms with van der Waals surface area (Å²) in [6.07, 6.45) is 0. The molecule has 5 nitrogen and oxygen atoms in total. The van der Waals surface area contributed by atoms with E-state index >= 15 is 0 Å². The minimum Gasteiger partial charge on any atom is -0.493 e. The Kier molecular flexibility index (Phi) is 2.28. The largest absolute Gasteiger partial charge is 0.493 e.